The molecule has 1 heterocycles. The van der Waals surface area contributed by atoms with Crippen molar-refractivity contribution < 1.29 is 23.5 Å². The van der Waals surface area contributed by atoms with Gasteiger partial charge in [0.05, 0.1) is 13.7 Å². The summed E-state index contributed by atoms with van der Waals surface area (Å²) < 4.78 is 18.6. The topological polar surface area (TPSA) is 75.7 Å². The van der Waals surface area contributed by atoms with E-state index in [1.807, 2.05) is 30.3 Å². The maximum Gasteiger partial charge on any atom is 0.331 e. The van der Waals surface area contributed by atoms with E-state index in [4.69, 9.17) is 4.74 Å². The summed E-state index contributed by atoms with van der Waals surface area (Å²) in [6.07, 6.45) is 1.43. The van der Waals surface area contributed by atoms with Crippen molar-refractivity contribution in [2.45, 2.75) is 6.54 Å². The Morgan fingerprint density at radius 1 is 1.00 bits per heavy atom. The molecule has 1 N–H and O–H groups in total. The van der Waals surface area contributed by atoms with E-state index in [1.165, 1.54) is 37.5 Å². The maximum atomic E-state index is 13.1. The number of halogens is 1. The fourth-order valence-corrected chi connectivity index (χ4v) is 3.36. The van der Waals surface area contributed by atoms with E-state index in [-0.39, 0.29) is 12.1 Å². The van der Waals surface area contributed by atoms with Gasteiger partial charge in [0.1, 0.15) is 17.1 Å². The molecule has 4 amide bonds. The van der Waals surface area contributed by atoms with Crippen molar-refractivity contribution in [2.24, 2.45) is 0 Å². The van der Waals surface area contributed by atoms with Crippen LogP contribution >= 0.6 is 0 Å². The van der Waals surface area contributed by atoms with Gasteiger partial charge in [-0.25, -0.2) is 9.18 Å². The normalized spacial score (nSPS) is 15.6. The number of ether oxygens (including phenoxy) is 1. The molecule has 0 atom stereocenters. The van der Waals surface area contributed by atoms with E-state index in [1.54, 1.807) is 6.07 Å². The van der Waals surface area contributed by atoms with Gasteiger partial charge in [-0.05, 0) is 40.6 Å². The number of imide groups is 2. The molecule has 150 valence electrons. The van der Waals surface area contributed by atoms with Crippen LogP contribution in [-0.4, -0.2) is 29.9 Å². The van der Waals surface area contributed by atoms with E-state index in [0.717, 1.165) is 15.7 Å². The molecule has 4 rings (SSSR count). The largest absolute Gasteiger partial charge is 0.496 e. The van der Waals surface area contributed by atoms with Gasteiger partial charge in [-0.2, -0.15) is 0 Å². The Kier molecular flexibility index (Phi) is 5.02. The molecule has 3 aromatic rings. The predicted molar refractivity (Wildman–Crippen MR) is 109 cm³/mol. The van der Waals surface area contributed by atoms with E-state index >= 15 is 0 Å². The molecule has 0 unspecified atom stereocenters. The summed E-state index contributed by atoms with van der Waals surface area (Å²) in [5, 5.41) is 3.90. The third-order valence-corrected chi connectivity index (χ3v) is 4.88. The molecule has 1 aliphatic rings. The van der Waals surface area contributed by atoms with Crippen molar-refractivity contribution in [3.63, 3.8) is 0 Å². The molecule has 3 aromatic carbocycles. The number of nitrogens with one attached hydrogen (secondary N) is 1. The molecule has 7 heteroatoms. The second-order valence-corrected chi connectivity index (χ2v) is 6.74. The molecule has 1 saturated heterocycles. The molecule has 0 bridgehead atoms. The smallest absolute Gasteiger partial charge is 0.331 e. The van der Waals surface area contributed by atoms with Gasteiger partial charge < -0.3 is 4.74 Å². The van der Waals surface area contributed by atoms with Crippen LogP contribution in [-0.2, 0) is 16.1 Å². The van der Waals surface area contributed by atoms with E-state index in [0.29, 0.717) is 16.9 Å². The van der Waals surface area contributed by atoms with Crippen LogP contribution in [0.1, 0.15) is 11.1 Å². The number of rotatable bonds is 4. The van der Waals surface area contributed by atoms with Crippen molar-refractivity contribution in [2.75, 3.05) is 7.11 Å². The van der Waals surface area contributed by atoms with Gasteiger partial charge in [0.15, 0.2) is 0 Å². The molecule has 0 aliphatic carbocycles. The third-order valence-electron chi connectivity index (χ3n) is 4.88. The molecule has 0 radical (unpaired) electrons. The van der Waals surface area contributed by atoms with Gasteiger partial charge in [-0.15, -0.1) is 0 Å². The Morgan fingerprint density at radius 3 is 2.47 bits per heavy atom. The van der Waals surface area contributed by atoms with Crippen LogP contribution < -0.4 is 10.1 Å². The SMILES string of the molecule is COc1ccc2ccccc2c1/C=C1\C(=O)NC(=O)N(Cc2ccc(F)cc2)C1=O. The maximum absolute atomic E-state index is 13.1. The number of fused-ring (bicyclic) bond motifs is 1. The summed E-state index contributed by atoms with van der Waals surface area (Å²) in [5.74, 6) is -1.45. The first-order valence-electron chi connectivity index (χ1n) is 9.17. The number of methoxy groups -OCH3 is 1. The highest BCUT2D eigenvalue weighted by molar-refractivity contribution is 6.31. The van der Waals surface area contributed by atoms with E-state index in [9.17, 15) is 18.8 Å². The average Bonchev–Trinajstić information content (AvgIpc) is 2.75. The Labute approximate surface area is 171 Å². The summed E-state index contributed by atoms with van der Waals surface area (Å²) in [5.41, 5.74) is 0.924. The van der Waals surface area contributed by atoms with Crippen molar-refractivity contribution in [3.05, 3.63) is 83.2 Å². The number of benzene rings is 3. The van der Waals surface area contributed by atoms with Crippen molar-refractivity contribution >= 4 is 34.7 Å². The summed E-state index contributed by atoms with van der Waals surface area (Å²) in [7, 11) is 1.50. The van der Waals surface area contributed by atoms with Gasteiger partial charge in [-0.3, -0.25) is 19.8 Å². The number of urea groups is 1. The fourth-order valence-electron chi connectivity index (χ4n) is 3.36. The second-order valence-electron chi connectivity index (χ2n) is 6.74. The van der Waals surface area contributed by atoms with Gasteiger partial charge in [0, 0.05) is 5.56 Å². The highest BCUT2D eigenvalue weighted by Crippen LogP contribution is 2.31. The predicted octanol–water partition coefficient (Wildman–Crippen LogP) is 3.65. The van der Waals surface area contributed by atoms with Crippen molar-refractivity contribution in [1.29, 1.82) is 0 Å². The fraction of sp³-hybridized carbons (Fsp3) is 0.0870. The Morgan fingerprint density at radius 2 is 1.73 bits per heavy atom. The minimum Gasteiger partial charge on any atom is -0.496 e. The average molecular weight is 404 g/mol. The Bertz CT molecular complexity index is 1200. The van der Waals surface area contributed by atoms with E-state index < -0.39 is 23.7 Å². The highest BCUT2D eigenvalue weighted by atomic mass is 19.1. The molecular weight excluding hydrogens is 387 g/mol. The first-order valence-corrected chi connectivity index (χ1v) is 9.17. The zero-order valence-corrected chi connectivity index (χ0v) is 16.0. The van der Waals surface area contributed by atoms with Gasteiger partial charge in [0.2, 0.25) is 0 Å². The number of carbonyl (C=O) groups excluding carboxylic acids is 3. The molecule has 30 heavy (non-hydrogen) atoms. The number of barbiturate groups is 1. The standard InChI is InChI=1S/C23H17FN2O4/c1-30-20-11-8-15-4-2-3-5-17(15)18(20)12-19-21(27)25-23(29)26(22(19)28)13-14-6-9-16(24)10-7-14/h2-12H,13H2,1H3,(H,25,27,29)/b19-12+. The lowest BCUT2D eigenvalue weighted by molar-refractivity contribution is -0.130. The number of carbonyl (C=O) groups is 3. The summed E-state index contributed by atoms with van der Waals surface area (Å²) in [6, 6.07) is 15.7. The second kappa shape index (κ2) is 7.79. The molecular formula is C23H17FN2O4. The molecule has 0 spiro atoms. The summed E-state index contributed by atoms with van der Waals surface area (Å²) >= 11 is 0. The van der Waals surface area contributed by atoms with Crippen LogP contribution in [0, 0.1) is 5.82 Å². The molecule has 1 aliphatic heterocycles. The van der Waals surface area contributed by atoms with Crippen LogP contribution in [0.5, 0.6) is 5.75 Å². The Balaban J connectivity index is 1.76. The molecule has 1 fully saturated rings. The third kappa shape index (κ3) is 3.53. The first kappa shape index (κ1) is 19.3. The van der Waals surface area contributed by atoms with Gasteiger partial charge in [-0.1, -0.05) is 42.5 Å². The Hall–Kier alpha value is -4.00. The minimum absolute atomic E-state index is 0.0950. The van der Waals surface area contributed by atoms with Crippen LogP contribution in [0.15, 0.2) is 66.2 Å². The number of amides is 4. The summed E-state index contributed by atoms with van der Waals surface area (Å²) in [6.45, 7) is -0.0950. The number of nitrogens with zero attached hydrogens (tertiary/aromatic N) is 1. The molecule has 6 nitrogen and oxygen atoms in total. The van der Waals surface area contributed by atoms with Crippen LogP contribution in [0.2, 0.25) is 0 Å². The van der Waals surface area contributed by atoms with Crippen molar-refractivity contribution in [1.82, 2.24) is 10.2 Å². The zero-order chi connectivity index (χ0) is 21.3. The highest BCUT2D eigenvalue weighted by Gasteiger charge is 2.36. The van der Waals surface area contributed by atoms with Crippen molar-refractivity contribution in [3.8, 4) is 5.75 Å². The van der Waals surface area contributed by atoms with Crippen LogP contribution in [0.3, 0.4) is 0 Å². The van der Waals surface area contributed by atoms with Crippen LogP contribution in [0.25, 0.3) is 16.8 Å². The van der Waals surface area contributed by atoms with Gasteiger partial charge in [0.25, 0.3) is 11.8 Å². The summed E-state index contributed by atoms with van der Waals surface area (Å²) in [4.78, 5) is 38.7. The minimum atomic E-state index is -0.823. The zero-order valence-electron chi connectivity index (χ0n) is 16.0. The van der Waals surface area contributed by atoms with Crippen LogP contribution in [0.4, 0.5) is 9.18 Å². The molecule has 0 aromatic heterocycles. The van der Waals surface area contributed by atoms with Gasteiger partial charge >= 0.3 is 6.03 Å². The first-order chi connectivity index (χ1) is 14.5. The lowest BCUT2D eigenvalue weighted by Gasteiger charge is -2.26. The lowest BCUT2D eigenvalue weighted by atomic mass is 9.99. The quantitative estimate of drug-likeness (QED) is 0.532. The number of hydrogen-bond donors (Lipinski definition) is 1. The lowest BCUT2D eigenvalue weighted by Crippen LogP contribution is -2.53. The number of hydrogen-bond acceptors (Lipinski definition) is 4. The van der Waals surface area contributed by atoms with E-state index in [2.05, 4.69) is 5.32 Å². The molecule has 0 saturated carbocycles. The monoisotopic (exact) mass is 404 g/mol.